The topological polar surface area (TPSA) is 207 Å². The summed E-state index contributed by atoms with van der Waals surface area (Å²) in [6.45, 7) is 18.7. The first-order valence-electron chi connectivity index (χ1n) is 26.2. The van der Waals surface area contributed by atoms with E-state index in [2.05, 4.69) is 6.92 Å². The van der Waals surface area contributed by atoms with E-state index >= 15 is 0 Å². The van der Waals surface area contributed by atoms with Gasteiger partial charge in [0.15, 0.2) is 30.9 Å². The van der Waals surface area contributed by atoms with E-state index in [0.29, 0.717) is 44.9 Å². The number of allylic oxidation sites excluding steroid dienone is 1. The number of ether oxygens (including phenoxy) is 10. The molecule has 0 spiro atoms. The number of esters is 1. The van der Waals surface area contributed by atoms with E-state index in [9.17, 15) is 30.0 Å². The van der Waals surface area contributed by atoms with Crippen molar-refractivity contribution in [3.05, 3.63) is 23.3 Å². The molecule has 392 valence electrons. The standard InChI is InChI=1S/C53H84O16/c1-28(2)29(3)24-43(55)69-42-27-41-49(9)20-19-36(25-35(49)18-21-52(41,58)53(59)23-22-51(57,34(8)54)50(42,53)10)65-44-15-12-37(30(4)61-44)66-45-16-13-38(31(5)62-45)67-46-17-14-39(32(6)63-46)68-47-26-40(60-11)48(56)33(7)64-47/h18,24,28,30-33,36-42,44-48,56-59H,12-17,19-23,25-27H2,1-11H3/b29-24+/t30-,31+,32-,33+,36?,37+,38+,39+,40-,41-,42-,44+,45+,46+,47+,48+,49+,50-,51-,52+,53-/m1/s1. The normalized spacial score (nSPS) is 49.3. The van der Waals surface area contributed by atoms with Crippen molar-refractivity contribution in [3.63, 3.8) is 0 Å². The summed E-state index contributed by atoms with van der Waals surface area (Å²) in [5, 5.41) is 48.2. The second-order valence-electron chi connectivity index (χ2n) is 22.9. The van der Waals surface area contributed by atoms with Gasteiger partial charge in [-0.25, -0.2) is 4.79 Å². The lowest BCUT2D eigenvalue weighted by Crippen LogP contribution is -2.78. The van der Waals surface area contributed by atoms with Crippen LogP contribution in [-0.4, -0.2) is 148 Å². The van der Waals surface area contributed by atoms with Crippen LogP contribution in [0.25, 0.3) is 0 Å². The zero-order valence-electron chi connectivity index (χ0n) is 43.1. The number of aliphatic hydroxyl groups is 4. The van der Waals surface area contributed by atoms with E-state index < -0.39 is 76.4 Å². The average Bonchev–Trinajstić information content (AvgIpc) is 3.52. The van der Waals surface area contributed by atoms with Crippen molar-refractivity contribution >= 4 is 11.8 Å². The highest BCUT2D eigenvalue weighted by Crippen LogP contribution is 2.71. The van der Waals surface area contributed by atoms with Gasteiger partial charge < -0.3 is 67.8 Å². The highest BCUT2D eigenvalue weighted by Gasteiger charge is 2.81. The lowest BCUT2D eigenvalue weighted by atomic mass is 9.42. The van der Waals surface area contributed by atoms with Crippen LogP contribution < -0.4 is 0 Å². The number of ketones is 1. The number of hydrogen-bond donors (Lipinski definition) is 4. The fourth-order valence-corrected chi connectivity index (χ4v) is 13.8. The summed E-state index contributed by atoms with van der Waals surface area (Å²) in [5.41, 5.74) is -5.86. The van der Waals surface area contributed by atoms with Crippen molar-refractivity contribution in [2.24, 2.45) is 22.7 Å². The molecule has 7 fully saturated rings. The number of rotatable bonds is 13. The van der Waals surface area contributed by atoms with E-state index in [4.69, 9.17) is 47.4 Å². The molecule has 69 heavy (non-hydrogen) atoms. The Hall–Kier alpha value is -1.90. The van der Waals surface area contributed by atoms with E-state index in [-0.39, 0.29) is 92.8 Å². The maximum absolute atomic E-state index is 13.5. The van der Waals surface area contributed by atoms with Crippen molar-refractivity contribution in [3.8, 4) is 0 Å². The summed E-state index contributed by atoms with van der Waals surface area (Å²) in [6, 6.07) is 0. The molecule has 0 aromatic carbocycles. The van der Waals surface area contributed by atoms with E-state index in [1.54, 1.807) is 14.0 Å². The fraction of sp³-hybridized carbons (Fsp3) is 0.887. The molecule has 3 saturated carbocycles. The van der Waals surface area contributed by atoms with Gasteiger partial charge in [-0.1, -0.05) is 38.0 Å². The van der Waals surface area contributed by atoms with Crippen LogP contribution in [0.5, 0.6) is 0 Å². The Morgan fingerprint density at radius 2 is 1.25 bits per heavy atom. The van der Waals surface area contributed by atoms with E-state index in [0.717, 1.165) is 30.4 Å². The molecular weight excluding hydrogens is 893 g/mol. The van der Waals surface area contributed by atoms with E-state index in [1.165, 1.54) is 13.0 Å². The van der Waals surface area contributed by atoms with Crippen LogP contribution in [-0.2, 0) is 57.0 Å². The highest BCUT2D eigenvalue weighted by molar-refractivity contribution is 5.87. The molecule has 16 heteroatoms. The Labute approximate surface area is 409 Å². The zero-order valence-corrected chi connectivity index (χ0v) is 43.1. The van der Waals surface area contributed by atoms with Gasteiger partial charge >= 0.3 is 5.97 Å². The summed E-state index contributed by atoms with van der Waals surface area (Å²) >= 11 is 0. The van der Waals surface area contributed by atoms with Gasteiger partial charge in [-0.2, -0.15) is 0 Å². The second-order valence-corrected chi connectivity index (χ2v) is 22.9. The molecule has 0 radical (unpaired) electrons. The molecule has 8 rings (SSSR count). The molecule has 0 amide bonds. The molecule has 8 aliphatic rings. The predicted octanol–water partition coefficient (Wildman–Crippen LogP) is 6.25. The Kier molecular flexibility index (Phi) is 15.8. The third-order valence-electron chi connectivity index (χ3n) is 18.7. The molecule has 4 saturated heterocycles. The lowest BCUT2D eigenvalue weighted by Gasteiger charge is -2.67. The van der Waals surface area contributed by atoms with Crippen LogP contribution >= 0.6 is 0 Å². The largest absolute Gasteiger partial charge is 0.458 e. The summed E-state index contributed by atoms with van der Waals surface area (Å²) in [4.78, 5) is 26.7. The van der Waals surface area contributed by atoms with Gasteiger partial charge in [-0.15, -0.1) is 0 Å². The van der Waals surface area contributed by atoms with Gasteiger partial charge in [-0.05, 0) is 124 Å². The summed E-state index contributed by atoms with van der Waals surface area (Å²) < 4.78 is 62.7. The summed E-state index contributed by atoms with van der Waals surface area (Å²) in [5.74, 6) is -1.52. The van der Waals surface area contributed by atoms with Crippen molar-refractivity contribution in [2.75, 3.05) is 7.11 Å². The van der Waals surface area contributed by atoms with Gasteiger partial charge in [0.05, 0.1) is 60.4 Å². The van der Waals surface area contributed by atoms with Crippen LogP contribution in [0.1, 0.15) is 159 Å². The molecule has 4 aliphatic heterocycles. The summed E-state index contributed by atoms with van der Waals surface area (Å²) in [6.07, 6.45) is 5.05. The maximum atomic E-state index is 13.5. The number of aliphatic hydroxyl groups excluding tert-OH is 1. The Balaban J connectivity index is 0.821. The number of fused-ring (bicyclic) bond motifs is 5. The number of carbonyl (C=O) groups is 2. The number of methoxy groups -OCH3 is 1. The SMILES string of the molecule is CO[C@@H]1C[C@H](O[C@H]2CC[C@H](O[C@H]3CC[C@H](O[C@H]4CC[C@H](OC5CC[C@@]6(C)C(=CC[C@]7(O)[C@@H]6C[C@@H](OC(=O)/C=C(\C)C(C)C)[C@@]6(C)[C@]7(O)CC[C@@]6(O)C(C)=O)C5)O[C@@H]4C)O[C@H]3C)O[C@@H]2C)O[C@@H](C)[C@@H]1O. The predicted molar refractivity (Wildman–Crippen MR) is 250 cm³/mol. The average molecular weight is 977 g/mol. The minimum Gasteiger partial charge on any atom is -0.458 e. The molecule has 0 aromatic heterocycles. The highest BCUT2D eigenvalue weighted by atomic mass is 16.7. The van der Waals surface area contributed by atoms with Crippen LogP contribution in [0.4, 0.5) is 0 Å². The van der Waals surface area contributed by atoms with Gasteiger partial charge in [0.2, 0.25) is 0 Å². The smallest absolute Gasteiger partial charge is 0.330 e. The number of Topliss-reactive ketones (excluding diaryl/α,β-unsaturated/α-hetero) is 1. The van der Waals surface area contributed by atoms with Gasteiger partial charge in [0, 0.05) is 44.8 Å². The van der Waals surface area contributed by atoms with Crippen molar-refractivity contribution < 1.29 is 77.4 Å². The first-order valence-corrected chi connectivity index (χ1v) is 26.2. The molecule has 0 bridgehead atoms. The Morgan fingerprint density at radius 3 is 1.77 bits per heavy atom. The first kappa shape index (κ1) is 53.4. The Morgan fingerprint density at radius 1 is 0.710 bits per heavy atom. The van der Waals surface area contributed by atoms with Crippen molar-refractivity contribution in [2.45, 2.75) is 268 Å². The molecule has 1 unspecified atom stereocenters. The quantitative estimate of drug-likeness (QED) is 0.0914. The molecule has 4 aliphatic carbocycles. The molecule has 16 nitrogen and oxygen atoms in total. The molecule has 4 N–H and O–H groups in total. The van der Waals surface area contributed by atoms with Crippen LogP contribution in [0.15, 0.2) is 23.3 Å². The molecule has 4 heterocycles. The van der Waals surface area contributed by atoms with Crippen molar-refractivity contribution in [1.29, 1.82) is 0 Å². The third kappa shape index (κ3) is 9.73. The number of hydrogen-bond acceptors (Lipinski definition) is 16. The summed E-state index contributed by atoms with van der Waals surface area (Å²) in [7, 11) is 1.59. The second kappa shape index (κ2) is 20.4. The third-order valence-corrected chi connectivity index (χ3v) is 18.7. The van der Waals surface area contributed by atoms with Gasteiger partial charge in [0.25, 0.3) is 0 Å². The Bertz CT molecular complexity index is 1910. The molecule has 21 atom stereocenters. The monoisotopic (exact) mass is 977 g/mol. The maximum Gasteiger partial charge on any atom is 0.330 e. The van der Waals surface area contributed by atoms with Gasteiger partial charge in [-0.3, -0.25) is 4.79 Å². The minimum atomic E-state index is -2.00. The van der Waals surface area contributed by atoms with Crippen LogP contribution in [0.3, 0.4) is 0 Å². The van der Waals surface area contributed by atoms with Gasteiger partial charge in [0.1, 0.15) is 29.0 Å². The minimum absolute atomic E-state index is 0.00988. The first-order chi connectivity index (χ1) is 32.5. The van der Waals surface area contributed by atoms with E-state index in [1.807, 2.05) is 54.5 Å². The van der Waals surface area contributed by atoms with Crippen LogP contribution in [0.2, 0.25) is 0 Å². The zero-order chi connectivity index (χ0) is 50.0. The number of carbonyl (C=O) groups excluding carboxylic acids is 2. The van der Waals surface area contributed by atoms with Crippen molar-refractivity contribution in [1.82, 2.24) is 0 Å². The molecule has 0 aromatic rings. The fourth-order valence-electron chi connectivity index (χ4n) is 13.8. The lowest BCUT2D eigenvalue weighted by molar-refractivity contribution is -0.318. The molecular formula is C53H84O16. The van der Waals surface area contributed by atoms with Crippen LogP contribution in [0, 0.1) is 22.7 Å².